The number of benzene rings is 2. The molecule has 0 aromatic heterocycles. The summed E-state index contributed by atoms with van der Waals surface area (Å²) in [6.07, 6.45) is 0.807. The first kappa shape index (κ1) is 23.0. The highest BCUT2D eigenvalue weighted by molar-refractivity contribution is 6.30. The van der Waals surface area contributed by atoms with Crippen molar-refractivity contribution >= 4 is 35.0 Å². The van der Waals surface area contributed by atoms with Crippen LogP contribution in [0.2, 0.25) is 10.0 Å². The average Bonchev–Trinajstić information content (AvgIpc) is 2.71. The van der Waals surface area contributed by atoms with Crippen LogP contribution in [0.3, 0.4) is 0 Å². The zero-order valence-electron chi connectivity index (χ0n) is 16.8. The Labute approximate surface area is 181 Å². The SMILES string of the molecule is CC[C@H](C)NC(=O)[C@H](C)N(Cc1ccc(Cl)cc1)C(=O)COc1cccc(Cl)c1. The number of carbonyl (C=O) groups excluding carboxylic acids is 2. The van der Waals surface area contributed by atoms with Gasteiger partial charge in [-0.2, -0.15) is 0 Å². The molecule has 0 aliphatic carbocycles. The van der Waals surface area contributed by atoms with Crippen LogP contribution >= 0.6 is 23.2 Å². The third kappa shape index (κ3) is 7.26. The van der Waals surface area contributed by atoms with E-state index >= 15 is 0 Å². The Bertz CT molecular complexity index is 827. The lowest BCUT2D eigenvalue weighted by molar-refractivity contribution is -0.142. The van der Waals surface area contributed by atoms with E-state index in [2.05, 4.69) is 5.32 Å². The molecule has 2 atom stereocenters. The molecular weight excluding hydrogens is 411 g/mol. The highest BCUT2D eigenvalue weighted by atomic mass is 35.5. The molecule has 156 valence electrons. The molecule has 2 aromatic rings. The van der Waals surface area contributed by atoms with Gasteiger partial charge in [0.25, 0.3) is 5.91 Å². The maximum absolute atomic E-state index is 12.9. The summed E-state index contributed by atoms with van der Waals surface area (Å²) in [4.78, 5) is 27.1. The molecule has 5 nitrogen and oxygen atoms in total. The normalized spacial score (nSPS) is 12.7. The summed E-state index contributed by atoms with van der Waals surface area (Å²) in [7, 11) is 0. The predicted octanol–water partition coefficient (Wildman–Crippen LogP) is 4.70. The van der Waals surface area contributed by atoms with Gasteiger partial charge in [-0.05, 0) is 56.2 Å². The maximum Gasteiger partial charge on any atom is 0.261 e. The lowest BCUT2D eigenvalue weighted by Crippen LogP contribution is -2.50. The first-order valence-electron chi connectivity index (χ1n) is 9.52. The molecule has 2 aromatic carbocycles. The number of nitrogens with one attached hydrogen (secondary N) is 1. The van der Waals surface area contributed by atoms with Gasteiger partial charge in [-0.1, -0.05) is 48.3 Å². The first-order valence-corrected chi connectivity index (χ1v) is 10.3. The average molecular weight is 437 g/mol. The standard InChI is InChI=1S/C22H26Cl2N2O3/c1-4-15(2)25-22(28)16(3)26(13-17-8-10-18(23)11-9-17)21(27)14-29-20-7-5-6-19(24)12-20/h5-12,15-16H,4,13-14H2,1-3H3,(H,25,28)/t15-,16-/m0/s1. The van der Waals surface area contributed by atoms with Crippen LogP contribution in [0.4, 0.5) is 0 Å². The van der Waals surface area contributed by atoms with E-state index in [0.717, 1.165) is 12.0 Å². The van der Waals surface area contributed by atoms with Crippen LogP contribution in [0.1, 0.15) is 32.8 Å². The number of hydrogen-bond acceptors (Lipinski definition) is 3. The molecule has 29 heavy (non-hydrogen) atoms. The molecule has 0 radical (unpaired) electrons. The van der Waals surface area contributed by atoms with E-state index in [-0.39, 0.29) is 31.0 Å². The molecule has 0 saturated heterocycles. The molecule has 0 unspecified atom stereocenters. The Kier molecular flexibility index (Phi) is 8.80. The molecule has 0 aliphatic rings. The number of carbonyl (C=O) groups is 2. The van der Waals surface area contributed by atoms with Gasteiger partial charge in [-0.15, -0.1) is 0 Å². The van der Waals surface area contributed by atoms with Crippen molar-refractivity contribution in [2.24, 2.45) is 0 Å². The number of rotatable bonds is 9. The predicted molar refractivity (Wildman–Crippen MR) is 116 cm³/mol. The van der Waals surface area contributed by atoms with Crippen molar-refractivity contribution in [2.45, 2.75) is 45.8 Å². The van der Waals surface area contributed by atoms with Crippen molar-refractivity contribution in [1.29, 1.82) is 0 Å². The summed E-state index contributed by atoms with van der Waals surface area (Å²) >= 11 is 11.9. The Hall–Kier alpha value is -2.24. The smallest absolute Gasteiger partial charge is 0.261 e. The van der Waals surface area contributed by atoms with Crippen LogP contribution < -0.4 is 10.1 Å². The summed E-state index contributed by atoms with van der Waals surface area (Å²) in [5, 5.41) is 4.06. The van der Waals surface area contributed by atoms with Gasteiger partial charge in [0.2, 0.25) is 5.91 Å². The largest absolute Gasteiger partial charge is 0.484 e. The molecule has 7 heteroatoms. The maximum atomic E-state index is 12.9. The second-order valence-corrected chi connectivity index (χ2v) is 7.76. The van der Waals surface area contributed by atoms with E-state index in [4.69, 9.17) is 27.9 Å². The van der Waals surface area contributed by atoms with Crippen LogP contribution in [0.15, 0.2) is 48.5 Å². The second kappa shape index (κ2) is 11.1. The van der Waals surface area contributed by atoms with Crippen molar-refractivity contribution in [3.05, 3.63) is 64.1 Å². The van der Waals surface area contributed by atoms with E-state index < -0.39 is 6.04 Å². The highest BCUT2D eigenvalue weighted by Gasteiger charge is 2.27. The van der Waals surface area contributed by atoms with Crippen molar-refractivity contribution in [3.8, 4) is 5.75 Å². The molecular formula is C22H26Cl2N2O3. The molecule has 0 aliphatic heterocycles. The fourth-order valence-corrected chi connectivity index (χ4v) is 2.93. The Morgan fingerprint density at radius 2 is 1.76 bits per heavy atom. The third-order valence-corrected chi connectivity index (χ3v) is 5.08. The molecule has 2 rings (SSSR count). The van der Waals surface area contributed by atoms with Crippen LogP contribution in [0.25, 0.3) is 0 Å². The molecule has 0 saturated carbocycles. The van der Waals surface area contributed by atoms with Gasteiger partial charge in [-0.25, -0.2) is 0 Å². The van der Waals surface area contributed by atoms with Crippen molar-refractivity contribution in [3.63, 3.8) is 0 Å². The van der Waals surface area contributed by atoms with Gasteiger partial charge in [0.1, 0.15) is 11.8 Å². The van der Waals surface area contributed by atoms with Crippen molar-refractivity contribution in [2.75, 3.05) is 6.61 Å². The molecule has 0 fully saturated rings. The van der Waals surface area contributed by atoms with Crippen LogP contribution in [0.5, 0.6) is 5.75 Å². The lowest BCUT2D eigenvalue weighted by Gasteiger charge is -2.29. The molecule has 0 bridgehead atoms. The minimum absolute atomic E-state index is 0.0279. The van der Waals surface area contributed by atoms with E-state index in [1.54, 1.807) is 43.3 Å². The zero-order valence-corrected chi connectivity index (χ0v) is 18.3. The van der Waals surface area contributed by atoms with Gasteiger partial charge < -0.3 is 15.0 Å². The van der Waals surface area contributed by atoms with Crippen LogP contribution in [-0.2, 0) is 16.1 Å². The van der Waals surface area contributed by atoms with Crippen molar-refractivity contribution in [1.82, 2.24) is 10.2 Å². The highest BCUT2D eigenvalue weighted by Crippen LogP contribution is 2.18. The fraction of sp³-hybridized carbons (Fsp3) is 0.364. The number of nitrogens with zero attached hydrogens (tertiary/aromatic N) is 1. The molecule has 2 amide bonds. The van der Waals surface area contributed by atoms with Crippen LogP contribution in [-0.4, -0.2) is 35.4 Å². The van der Waals surface area contributed by atoms with Gasteiger partial charge in [-0.3, -0.25) is 9.59 Å². The summed E-state index contributed by atoms with van der Waals surface area (Å²) in [5.41, 5.74) is 0.869. The summed E-state index contributed by atoms with van der Waals surface area (Å²) in [6, 6.07) is 13.4. The minimum Gasteiger partial charge on any atom is -0.484 e. The van der Waals surface area contributed by atoms with Gasteiger partial charge >= 0.3 is 0 Å². The van der Waals surface area contributed by atoms with E-state index in [0.29, 0.717) is 15.8 Å². The number of amides is 2. The fourth-order valence-electron chi connectivity index (χ4n) is 2.62. The molecule has 0 spiro atoms. The van der Waals surface area contributed by atoms with Gasteiger partial charge in [0.15, 0.2) is 6.61 Å². The monoisotopic (exact) mass is 436 g/mol. The first-order chi connectivity index (χ1) is 13.8. The number of halogens is 2. The zero-order chi connectivity index (χ0) is 21.4. The van der Waals surface area contributed by atoms with E-state index in [1.807, 2.05) is 26.0 Å². The summed E-state index contributed by atoms with van der Waals surface area (Å²) in [5.74, 6) is -0.00912. The third-order valence-electron chi connectivity index (χ3n) is 4.59. The topological polar surface area (TPSA) is 58.6 Å². The summed E-state index contributed by atoms with van der Waals surface area (Å²) in [6.45, 7) is 5.70. The van der Waals surface area contributed by atoms with Crippen LogP contribution in [0, 0.1) is 0 Å². The quantitative estimate of drug-likeness (QED) is 0.619. The molecule has 1 N–H and O–H groups in total. The lowest BCUT2D eigenvalue weighted by atomic mass is 10.1. The van der Waals surface area contributed by atoms with E-state index in [1.165, 1.54) is 4.90 Å². The van der Waals surface area contributed by atoms with Gasteiger partial charge in [0.05, 0.1) is 0 Å². The number of hydrogen-bond donors (Lipinski definition) is 1. The Balaban J connectivity index is 2.14. The van der Waals surface area contributed by atoms with E-state index in [9.17, 15) is 9.59 Å². The van der Waals surface area contributed by atoms with Crippen molar-refractivity contribution < 1.29 is 14.3 Å². The second-order valence-electron chi connectivity index (χ2n) is 6.89. The Morgan fingerprint density at radius 1 is 1.07 bits per heavy atom. The Morgan fingerprint density at radius 3 is 2.38 bits per heavy atom. The molecule has 0 heterocycles. The minimum atomic E-state index is -0.657. The van der Waals surface area contributed by atoms with Gasteiger partial charge in [0, 0.05) is 22.6 Å². The summed E-state index contributed by atoms with van der Waals surface area (Å²) < 4.78 is 5.59. The number of ether oxygens (including phenoxy) is 1.